The predicted molar refractivity (Wildman–Crippen MR) is 89.8 cm³/mol. The fourth-order valence-corrected chi connectivity index (χ4v) is 2.56. The van der Waals surface area contributed by atoms with Crippen LogP contribution in [-0.2, 0) is 0 Å². The summed E-state index contributed by atoms with van der Waals surface area (Å²) >= 11 is 0. The molecule has 0 amide bonds. The Balaban J connectivity index is 2.51. The van der Waals surface area contributed by atoms with Gasteiger partial charge in [-0.05, 0) is 32.3 Å². The molecule has 1 heterocycles. The van der Waals surface area contributed by atoms with Crippen LogP contribution < -0.4 is 5.32 Å². The number of nitrogens with zero attached hydrogens (tertiary/aromatic N) is 2. The van der Waals surface area contributed by atoms with E-state index in [1.165, 1.54) is 11.1 Å². The summed E-state index contributed by atoms with van der Waals surface area (Å²) in [6.45, 7) is 11.6. The molecule has 0 atom stereocenters. The van der Waals surface area contributed by atoms with Gasteiger partial charge in [0.25, 0.3) is 0 Å². The first-order valence-corrected chi connectivity index (χ1v) is 7.72. The first kappa shape index (κ1) is 15.5. The standard InChI is InChI=1S/C18H25N3/c1-6-10-19-18-16(12(2)3)14(5)20-17(21-18)15-9-7-8-13(4)11-15/h7-9,11-12H,6,10H2,1-5H3,(H,19,20,21). The third-order valence-corrected chi connectivity index (χ3v) is 3.53. The van der Waals surface area contributed by atoms with Crippen molar-refractivity contribution >= 4 is 5.82 Å². The second-order valence-corrected chi connectivity index (χ2v) is 5.85. The van der Waals surface area contributed by atoms with E-state index in [9.17, 15) is 0 Å². The van der Waals surface area contributed by atoms with Gasteiger partial charge in [-0.15, -0.1) is 0 Å². The lowest BCUT2D eigenvalue weighted by atomic mass is 10.0. The van der Waals surface area contributed by atoms with E-state index >= 15 is 0 Å². The van der Waals surface area contributed by atoms with Crippen LogP contribution in [0.15, 0.2) is 24.3 Å². The molecule has 0 spiro atoms. The zero-order valence-corrected chi connectivity index (χ0v) is 13.7. The molecular weight excluding hydrogens is 258 g/mol. The largest absolute Gasteiger partial charge is 0.370 e. The molecule has 2 rings (SSSR count). The Morgan fingerprint density at radius 1 is 1.14 bits per heavy atom. The molecule has 0 aliphatic carbocycles. The van der Waals surface area contributed by atoms with Crippen molar-refractivity contribution in [2.24, 2.45) is 0 Å². The van der Waals surface area contributed by atoms with Crippen molar-refractivity contribution in [3.05, 3.63) is 41.1 Å². The maximum atomic E-state index is 4.78. The number of benzene rings is 1. The van der Waals surface area contributed by atoms with Crippen LogP contribution in [0.1, 0.15) is 49.9 Å². The van der Waals surface area contributed by atoms with E-state index in [1.54, 1.807) is 0 Å². The molecule has 21 heavy (non-hydrogen) atoms. The normalized spacial score (nSPS) is 11.0. The van der Waals surface area contributed by atoms with Crippen LogP contribution in [0.4, 0.5) is 5.82 Å². The van der Waals surface area contributed by atoms with Crippen LogP contribution in [0.5, 0.6) is 0 Å². The highest BCUT2D eigenvalue weighted by Crippen LogP contribution is 2.28. The van der Waals surface area contributed by atoms with E-state index in [1.807, 2.05) is 0 Å². The predicted octanol–water partition coefficient (Wildman–Crippen LogP) is 4.71. The third kappa shape index (κ3) is 3.60. The number of aromatic nitrogens is 2. The van der Waals surface area contributed by atoms with Crippen LogP contribution in [0.25, 0.3) is 11.4 Å². The molecule has 0 radical (unpaired) electrons. The van der Waals surface area contributed by atoms with Gasteiger partial charge in [0.2, 0.25) is 0 Å². The zero-order chi connectivity index (χ0) is 15.4. The maximum absolute atomic E-state index is 4.78. The summed E-state index contributed by atoms with van der Waals surface area (Å²) in [4.78, 5) is 9.50. The van der Waals surface area contributed by atoms with Gasteiger partial charge in [-0.1, -0.05) is 44.5 Å². The molecule has 1 N–H and O–H groups in total. The minimum Gasteiger partial charge on any atom is -0.370 e. The smallest absolute Gasteiger partial charge is 0.161 e. The van der Waals surface area contributed by atoms with Crippen molar-refractivity contribution in [3.63, 3.8) is 0 Å². The van der Waals surface area contributed by atoms with Gasteiger partial charge in [-0.25, -0.2) is 9.97 Å². The zero-order valence-electron chi connectivity index (χ0n) is 13.7. The quantitative estimate of drug-likeness (QED) is 0.863. The molecule has 0 aliphatic rings. The highest BCUT2D eigenvalue weighted by Gasteiger charge is 2.15. The van der Waals surface area contributed by atoms with Crippen LogP contribution in [0, 0.1) is 13.8 Å². The van der Waals surface area contributed by atoms with E-state index < -0.39 is 0 Å². The Kier molecular flexibility index (Phi) is 4.94. The molecule has 0 fully saturated rings. The van der Waals surface area contributed by atoms with Gasteiger partial charge in [-0.3, -0.25) is 0 Å². The van der Waals surface area contributed by atoms with Crippen LogP contribution >= 0.6 is 0 Å². The van der Waals surface area contributed by atoms with E-state index in [4.69, 9.17) is 9.97 Å². The van der Waals surface area contributed by atoms with Gasteiger partial charge in [0.15, 0.2) is 5.82 Å². The molecule has 0 bridgehead atoms. The number of hydrogen-bond acceptors (Lipinski definition) is 3. The molecule has 0 aliphatic heterocycles. The van der Waals surface area contributed by atoms with E-state index in [0.717, 1.165) is 35.9 Å². The number of anilines is 1. The van der Waals surface area contributed by atoms with E-state index in [0.29, 0.717) is 5.92 Å². The summed E-state index contributed by atoms with van der Waals surface area (Å²) in [5.41, 5.74) is 4.59. The van der Waals surface area contributed by atoms with Gasteiger partial charge in [-0.2, -0.15) is 0 Å². The Hall–Kier alpha value is -1.90. The lowest BCUT2D eigenvalue weighted by Gasteiger charge is -2.17. The molecule has 3 heteroatoms. The number of hydrogen-bond donors (Lipinski definition) is 1. The van der Waals surface area contributed by atoms with Crippen LogP contribution in [0.2, 0.25) is 0 Å². The SMILES string of the molecule is CCCNc1nc(-c2cccc(C)c2)nc(C)c1C(C)C. The fourth-order valence-electron chi connectivity index (χ4n) is 2.56. The Labute approximate surface area is 127 Å². The average Bonchev–Trinajstić information content (AvgIpc) is 2.44. The van der Waals surface area contributed by atoms with Crippen LogP contribution in [0.3, 0.4) is 0 Å². The molecule has 3 nitrogen and oxygen atoms in total. The van der Waals surface area contributed by atoms with Crippen molar-refractivity contribution in [3.8, 4) is 11.4 Å². The molecule has 1 aromatic heterocycles. The monoisotopic (exact) mass is 283 g/mol. The second kappa shape index (κ2) is 6.70. The summed E-state index contributed by atoms with van der Waals surface area (Å²) in [6, 6.07) is 8.35. The van der Waals surface area contributed by atoms with Gasteiger partial charge in [0.05, 0.1) is 0 Å². The second-order valence-electron chi connectivity index (χ2n) is 5.85. The lowest BCUT2D eigenvalue weighted by molar-refractivity contribution is 0.826. The molecule has 2 aromatic rings. The Morgan fingerprint density at radius 2 is 1.90 bits per heavy atom. The maximum Gasteiger partial charge on any atom is 0.161 e. The number of nitrogens with one attached hydrogen (secondary N) is 1. The van der Waals surface area contributed by atoms with Crippen molar-refractivity contribution in [1.29, 1.82) is 0 Å². The molecule has 0 unspecified atom stereocenters. The van der Waals surface area contributed by atoms with E-state index in [-0.39, 0.29) is 0 Å². The first-order chi connectivity index (χ1) is 10.0. The topological polar surface area (TPSA) is 37.8 Å². The Bertz CT molecular complexity index is 618. The summed E-state index contributed by atoms with van der Waals surface area (Å²) in [7, 11) is 0. The number of rotatable bonds is 5. The van der Waals surface area contributed by atoms with Crippen LogP contribution in [-0.4, -0.2) is 16.5 Å². The summed E-state index contributed by atoms with van der Waals surface area (Å²) in [5, 5.41) is 3.46. The lowest BCUT2D eigenvalue weighted by Crippen LogP contribution is -2.10. The minimum absolute atomic E-state index is 0.413. The van der Waals surface area contributed by atoms with Gasteiger partial charge >= 0.3 is 0 Å². The highest BCUT2D eigenvalue weighted by atomic mass is 15.0. The van der Waals surface area contributed by atoms with Gasteiger partial charge in [0, 0.05) is 23.4 Å². The minimum atomic E-state index is 0.413. The molecule has 0 saturated heterocycles. The molecule has 112 valence electrons. The van der Waals surface area contributed by atoms with Crippen molar-refractivity contribution in [2.75, 3.05) is 11.9 Å². The van der Waals surface area contributed by atoms with Crippen molar-refractivity contribution < 1.29 is 0 Å². The summed E-state index contributed by atoms with van der Waals surface area (Å²) < 4.78 is 0. The summed E-state index contributed by atoms with van der Waals surface area (Å²) in [5.74, 6) is 2.20. The fraction of sp³-hybridized carbons (Fsp3) is 0.444. The van der Waals surface area contributed by atoms with E-state index in [2.05, 4.69) is 64.2 Å². The van der Waals surface area contributed by atoms with Crippen molar-refractivity contribution in [1.82, 2.24) is 9.97 Å². The first-order valence-electron chi connectivity index (χ1n) is 7.72. The summed E-state index contributed by atoms with van der Waals surface area (Å²) in [6.07, 6.45) is 1.08. The highest BCUT2D eigenvalue weighted by molar-refractivity contribution is 5.61. The van der Waals surface area contributed by atoms with Crippen molar-refractivity contribution in [2.45, 2.75) is 47.0 Å². The number of aryl methyl sites for hydroxylation is 2. The average molecular weight is 283 g/mol. The van der Waals surface area contributed by atoms with Gasteiger partial charge in [0.1, 0.15) is 5.82 Å². The molecule has 0 saturated carbocycles. The molecule has 1 aromatic carbocycles. The Morgan fingerprint density at radius 3 is 2.52 bits per heavy atom. The third-order valence-electron chi connectivity index (χ3n) is 3.53. The van der Waals surface area contributed by atoms with Gasteiger partial charge < -0.3 is 5.32 Å². The molecular formula is C18H25N3.